The fourth-order valence-corrected chi connectivity index (χ4v) is 2.87. The molecule has 3 heterocycles. The minimum atomic E-state index is 0.387. The highest BCUT2D eigenvalue weighted by Gasteiger charge is 2.25. The molecule has 2 aromatic heterocycles. The third-order valence-electron chi connectivity index (χ3n) is 3.57. The Balaban J connectivity index is 1.60. The molecule has 6 heteroatoms. The van der Waals surface area contributed by atoms with Crippen molar-refractivity contribution < 1.29 is 4.42 Å². The lowest BCUT2D eigenvalue weighted by molar-refractivity contribution is 0.381. The highest BCUT2D eigenvalue weighted by atomic mass is 32.2. The standard InChI is InChI=1S/C14H18N4OS/c1-20-10-13-16-17-14(19-13)11-5-8-18(9-6-11)12-4-2-3-7-15-12/h2-4,7,11H,5-6,8-10H2,1H3. The van der Waals surface area contributed by atoms with Crippen LogP contribution >= 0.6 is 11.8 Å². The van der Waals surface area contributed by atoms with Crippen LogP contribution in [0.4, 0.5) is 5.82 Å². The Kier molecular flexibility index (Phi) is 4.20. The number of rotatable bonds is 4. The topological polar surface area (TPSA) is 55.1 Å². The van der Waals surface area contributed by atoms with Crippen molar-refractivity contribution in [2.75, 3.05) is 24.2 Å². The molecule has 0 saturated carbocycles. The van der Waals surface area contributed by atoms with E-state index in [0.29, 0.717) is 5.92 Å². The molecule has 3 rings (SSSR count). The average Bonchev–Trinajstić information content (AvgIpc) is 2.97. The highest BCUT2D eigenvalue weighted by molar-refractivity contribution is 7.97. The monoisotopic (exact) mass is 290 g/mol. The van der Waals surface area contributed by atoms with E-state index in [0.717, 1.165) is 49.3 Å². The van der Waals surface area contributed by atoms with Crippen LogP contribution in [0.3, 0.4) is 0 Å². The zero-order valence-electron chi connectivity index (χ0n) is 11.5. The van der Waals surface area contributed by atoms with E-state index in [2.05, 4.69) is 26.1 Å². The Bertz CT molecular complexity index is 537. The van der Waals surface area contributed by atoms with Crippen LogP contribution in [0.25, 0.3) is 0 Å². The maximum Gasteiger partial charge on any atom is 0.226 e. The molecule has 0 aliphatic carbocycles. The average molecular weight is 290 g/mol. The fourth-order valence-electron chi connectivity index (χ4n) is 2.51. The normalized spacial score (nSPS) is 16.6. The van der Waals surface area contributed by atoms with E-state index >= 15 is 0 Å². The molecule has 20 heavy (non-hydrogen) atoms. The molecule has 2 aromatic rings. The molecule has 0 N–H and O–H groups in total. The van der Waals surface area contributed by atoms with E-state index in [4.69, 9.17) is 4.42 Å². The van der Waals surface area contributed by atoms with Crippen LogP contribution in [-0.2, 0) is 5.75 Å². The van der Waals surface area contributed by atoms with Crippen LogP contribution in [0, 0.1) is 0 Å². The number of anilines is 1. The second kappa shape index (κ2) is 6.26. The maximum atomic E-state index is 5.73. The molecule has 0 aromatic carbocycles. The van der Waals surface area contributed by atoms with Crippen LogP contribution in [0.15, 0.2) is 28.8 Å². The number of nitrogens with zero attached hydrogens (tertiary/aromatic N) is 4. The Hall–Kier alpha value is -1.56. The first-order valence-electron chi connectivity index (χ1n) is 6.84. The van der Waals surface area contributed by atoms with Gasteiger partial charge < -0.3 is 9.32 Å². The summed E-state index contributed by atoms with van der Waals surface area (Å²) in [5.41, 5.74) is 0. The second-order valence-corrected chi connectivity index (χ2v) is 5.78. The molecule has 1 fully saturated rings. The molecular weight excluding hydrogens is 272 g/mol. The van der Waals surface area contributed by atoms with Gasteiger partial charge in [-0.3, -0.25) is 0 Å². The van der Waals surface area contributed by atoms with E-state index < -0.39 is 0 Å². The van der Waals surface area contributed by atoms with Gasteiger partial charge in [-0.25, -0.2) is 4.98 Å². The highest BCUT2D eigenvalue weighted by Crippen LogP contribution is 2.29. The zero-order valence-corrected chi connectivity index (χ0v) is 12.3. The lowest BCUT2D eigenvalue weighted by Crippen LogP contribution is -2.33. The number of aromatic nitrogens is 3. The number of piperidine rings is 1. The smallest absolute Gasteiger partial charge is 0.226 e. The van der Waals surface area contributed by atoms with Crippen molar-refractivity contribution in [3.63, 3.8) is 0 Å². The molecule has 5 nitrogen and oxygen atoms in total. The van der Waals surface area contributed by atoms with Gasteiger partial charge in [0.15, 0.2) is 0 Å². The first-order valence-corrected chi connectivity index (χ1v) is 8.23. The lowest BCUT2D eigenvalue weighted by atomic mass is 9.97. The van der Waals surface area contributed by atoms with Crippen molar-refractivity contribution in [3.05, 3.63) is 36.2 Å². The summed E-state index contributed by atoms with van der Waals surface area (Å²) < 4.78 is 5.73. The van der Waals surface area contributed by atoms with Gasteiger partial charge in [0.1, 0.15) is 5.82 Å². The molecule has 106 valence electrons. The zero-order chi connectivity index (χ0) is 13.8. The lowest BCUT2D eigenvalue weighted by Gasteiger charge is -2.31. The minimum absolute atomic E-state index is 0.387. The van der Waals surface area contributed by atoms with Gasteiger partial charge in [-0.1, -0.05) is 6.07 Å². The number of thioether (sulfide) groups is 1. The van der Waals surface area contributed by atoms with Gasteiger partial charge in [-0.15, -0.1) is 10.2 Å². The van der Waals surface area contributed by atoms with Crippen molar-refractivity contribution in [2.24, 2.45) is 0 Å². The molecule has 0 atom stereocenters. The van der Waals surface area contributed by atoms with Crippen molar-refractivity contribution in [2.45, 2.75) is 24.5 Å². The Morgan fingerprint density at radius 3 is 2.85 bits per heavy atom. The summed E-state index contributed by atoms with van der Waals surface area (Å²) in [4.78, 5) is 6.72. The molecule has 0 spiro atoms. The molecular formula is C14H18N4OS. The predicted octanol–water partition coefficient (Wildman–Crippen LogP) is 2.71. The van der Waals surface area contributed by atoms with Crippen LogP contribution in [0.1, 0.15) is 30.5 Å². The van der Waals surface area contributed by atoms with Crippen molar-refractivity contribution >= 4 is 17.6 Å². The Morgan fingerprint density at radius 1 is 1.30 bits per heavy atom. The van der Waals surface area contributed by atoms with Gasteiger partial charge in [0.25, 0.3) is 0 Å². The van der Waals surface area contributed by atoms with E-state index in [9.17, 15) is 0 Å². The molecule has 1 aliphatic heterocycles. The minimum Gasteiger partial charge on any atom is -0.424 e. The van der Waals surface area contributed by atoms with Crippen molar-refractivity contribution in [1.29, 1.82) is 0 Å². The van der Waals surface area contributed by atoms with Gasteiger partial charge in [0, 0.05) is 25.2 Å². The van der Waals surface area contributed by atoms with E-state index in [-0.39, 0.29) is 0 Å². The molecule has 0 bridgehead atoms. The van der Waals surface area contributed by atoms with Crippen LogP contribution in [0.5, 0.6) is 0 Å². The summed E-state index contributed by atoms with van der Waals surface area (Å²) >= 11 is 1.70. The van der Waals surface area contributed by atoms with Gasteiger partial charge in [0.05, 0.1) is 5.75 Å². The summed E-state index contributed by atoms with van der Waals surface area (Å²) in [6, 6.07) is 6.03. The van der Waals surface area contributed by atoms with Crippen LogP contribution in [0.2, 0.25) is 0 Å². The van der Waals surface area contributed by atoms with Gasteiger partial charge in [0.2, 0.25) is 11.8 Å². The first-order chi connectivity index (χ1) is 9.86. The number of hydrogen-bond acceptors (Lipinski definition) is 6. The Labute approximate surface area is 122 Å². The molecule has 0 amide bonds. The molecule has 0 radical (unpaired) electrons. The summed E-state index contributed by atoms with van der Waals surface area (Å²) in [5.74, 6) is 3.77. The summed E-state index contributed by atoms with van der Waals surface area (Å²) in [7, 11) is 0. The predicted molar refractivity (Wildman–Crippen MR) is 79.9 cm³/mol. The summed E-state index contributed by atoms with van der Waals surface area (Å²) in [6.07, 6.45) is 5.96. The van der Waals surface area contributed by atoms with Crippen LogP contribution < -0.4 is 4.90 Å². The molecule has 1 saturated heterocycles. The maximum absolute atomic E-state index is 5.73. The largest absolute Gasteiger partial charge is 0.424 e. The van der Waals surface area contributed by atoms with E-state index in [1.807, 2.05) is 24.6 Å². The fraction of sp³-hybridized carbons (Fsp3) is 0.500. The third-order valence-corrected chi connectivity index (χ3v) is 4.10. The first kappa shape index (κ1) is 13.4. The molecule has 0 unspecified atom stereocenters. The quantitative estimate of drug-likeness (QED) is 0.863. The van der Waals surface area contributed by atoms with E-state index in [1.54, 1.807) is 11.8 Å². The number of hydrogen-bond donors (Lipinski definition) is 0. The molecule has 1 aliphatic rings. The third kappa shape index (κ3) is 2.95. The van der Waals surface area contributed by atoms with Crippen LogP contribution in [-0.4, -0.2) is 34.5 Å². The van der Waals surface area contributed by atoms with E-state index in [1.165, 1.54) is 0 Å². The second-order valence-electron chi connectivity index (χ2n) is 4.92. The van der Waals surface area contributed by atoms with Crippen molar-refractivity contribution in [1.82, 2.24) is 15.2 Å². The SMILES string of the molecule is CSCc1nnc(C2CCN(c3ccccn3)CC2)o1. The number of pyridine rings is 1. The summed E-state index contributed by atoms with van der Waals surface area (Å²) in [6.45, 7) is 1.98. The van der Waals surface area contributed by atoms with Gasteiger partial charge >= 0.3 is 0 Å². The van der Waals surface area contributed by atoms with Crippen molar-refractivity contribution in [3.8, 4) is 0 Å². The summed E-state index contributed by atoms with van der Waals surface area (Å²) in [5, 5.41) is 8.29. The Morgan fingerprint density at radius 2 is 2.15 bits per heavy atom. The van der Waals surface area contributed by atoms with Gasteiger partial charge in [-0.2, -0.15) is 11.8 Å². The van der Waals surface area contributed by atoms with Gasteiger partial charge in [-0.05, 0) is 31.2 Å².